The summed E-state index contributed by atoms with van der Waals surface area (Å²) in [6.45, 7) is -1.37. The number of aliphatic hydroxyl groups is 7. The highest BCUT2D eigenvalue weighted by atomic mass is 16.4. The quantitative estimate of drug-likeness (QED) is 0.211. The molecule has 4 atom stereocenters. The van der Waals surface area contributed by atoms with Gasteiger partial charge in [-0.25, -0.2) is 4.79 Å². The van der Waals surface area contributed by atoms with Gasteiger partial charge in [0.1, 0.15) is 53.0 Å². The number of phenolic OH excluding ortho intramolecular Hbond substituents is 2. The molecule has 10 N–H and O–H groups in total. The number of carboxylic acid groups (broad SMARTS) is 1. The van der Waals surface area contributed by atoms with Gasteiger partial charge in [-0.1, -0.05) is 0 Å². The third kappa shape index (κ3) is 3.42. The van der Waals surface area contributed by atoms with Gasteiger partial charge in [0.2, 0.25) is 0 Å². The first-order chi connectivity index (χ1) is 15.2. The Kier molecular flexibility index (Phi) is 5.73. The van der Waals surface area contributed by atoms with Crippen LogP contribution < -0.4 is 0 Å². The predicted molar refractivity (Wildman–Crippen MR) is 104 cm³/mol. The number of benzene rings is 1. The number of aromatic hydroxyl groups is 2. The summed E-state index contributed by atoms with van der Waals surface area (Å²) in [6, 6.07) is 1.50. The van der Waals surface area contributed by atoms with Crippen LogP contribution in [-0.2, 0) is 14.4 Å². The van der Waals surface area contributed by atoms with E-state index < -0.39 is 106 Å². The smallest absolute Gasteiger partial charge is 0.342 e. The lowest BCUT2D eigenvalue weighted by Crippen LogP contribution is -2.64. The Bertz CT molecular complexity index is 1130. The van der Waals surface area contributed by atoms with Crippen LogP contribution in [0.4, 0.5) is 0 Å². The molecule has 0 heterocycles. The molecule has 0 fully saturated rings. The molecule has 13 nitrogen and oxygen atoms in total. The molecule has 3 rings (SSSR count). The highest BCUT2D eigenvalue weighted by molar-refractivity contribution is 6.18. The summed E-state index contributed by atoms with van der Waals surface area (Å²) in [4.78, 5) is 35.8. The zero-order valence-corrected chi connectivity index (χ0v) is 16.6. The van der Waals surface area contributed by atoms with Crippen molar-refractivity contribution in [2.45, 2.75) is 36.3 Å². The first-order valence-corrected chi connectivity index (χ1v) is 9.34. The van der Waals surface area contributed by atoms with Crippen molar-refractivity contribution in [2.24, 2.45) is 0 Å². The summed E-state index contributed by atoms with van der Waals surface area (Å²) >= 11 is 0. The van der Waals surface area contributed by atoms with Crippen molar-refractivity contribution in [3.05, 3.63) is 40.2 Å². The van der Waals surface area contributed by atoms with Crippen LogP contribution in [0, 0.1) is 0 Å². The zero-order chi connectivity index (χ0) is 25.0. The summed E-state index contributed by atoms with van der Waals surface area (Å²) in [6.07, 6.45) is -7.51. The lowest BCUT2D eigenvalue weighted by molar-refractivity contribution is -0.201. The summed E-state index contributed by atoms with van der Waals surface area (Å²) in [5.41, 5.74) is -9.78. The van der Waals surface area contributed by atoms with Crippen molar-refractivity contribution in [2.75, 3.05) is 6.61 Å². The number of hydrogen-bond donors (Lipinski definition) is 10. The lowest BCUT2D eigenvalue weighted by atomic mass is 9.65. The molecule has 2 aliphatic rings. The molecule has 178 valence electrons. The third-order valence-corrected chi connectivity index (χ3v) is 5.79. The van der Waals surface area contributed by atoms with E-state index in [0.29, 0.717) is 0 Å². The number of aliphatic hydroxyl groups excluding tert-OH is 5. The number of hydrogen-bond acceptors (Lipinski definition) is 12. The number of phenols is 2. The average Bonchev–Trinajstić information content (AvgIpc) is 2.69. The van der Waals surface area contributed by atoms with E-state index >= 15 is 0 Å². The van der Waals surface area contributed by atoms with Gasteiger partial charge in [-0.2, -0.15) is 0 Å². The molecule has 0 saturated heterocycles. The van der Waals surface area contributed by atoms with Gasteiger partial charge in [-0.15, -0.1) is 0 Å². The topological polar surface area (TPSA) is 254 Å². The molecule has 0 radical (unpaired) electrons. The van der Waals surface area contributed by atoms with Crippen LogP contribution in [-0.4, -0.2) is 92.5 Å². The van der Waals surface area contributed by atoms with Crippen LogP contribution >= 0.6 is 0 Å². The fourth-order valence-corrected chi connectivity index (χ4v) is 4.33. The number of carbonyl (C=O) groups is 3. The van der Waals surface area contributed by atoms with E-state index in [1.54, 1.807) is 0 Å². The second-order valence-electron chi connectivity index (χ2n) is 7.87. The summed E-state index contributed by atoms with van der Waals surface area (Å²) < 4.78 is 0. The molecule has 2 aliphatic carbocycles. The SMILES string of the molecule is O=C(O)C1=C(O)C[C@@](O)([C@H](O)[C@]2(O)C(C(=O)CO)=C(O)c3c(O)cc(O)cc3[C@H]2O)CC1=O. The minimum absolute atomic E-state index is 0.599. The maximum absolute atomic E-state index is 12.4. The molecule has 1 aromatic rings. The Morgan fingerprint density at radius 1 is 1.09 bits per heavy atom. The van der Waals surface area contributed by atoms with Crippen LogP contribution in [0.5, 0.6) is 11.5 Å². The summed E-state index contributed by atoms with van der Waals surface area (Å²) in [7, 11) is 0. The minimum Gasteiger partial charge on any atom is -0.511 e. The minimum atomic E-state index is -3.37. The van der Waals surface area contributed by atoms with Crippen molar-refractivity contribution in [3.63, 3.8) is 0 Å². The van der Waals surface area contributed by atoms with Gasteiger partial charge >= 0.3 is 5.97 Å². The molecule has 0 spiro atoms. The van der Waals surface area contributed by atoms with Crippen LogP contribution in [0.2, 0.25) is 0 Å². The largest absolute Gasteiger partial charge is 0.511 e. The maximum Gasteiger partial charge on any atom is 0.342 e. The number of ketones is 2. The van der Waals surface area contributed by atoms with E-state index in [2.05, 4.69) is 0 Å². The number of rotatable bonds is 5. The molecule has 1 aromatic carbocycles. The van der Waals surface area contributed by atoms with E-state index in [-0.39, 0.29) is 0 Å². The first-order valence-electron chi connectivity index (χ1n) is 9.34. The Balaban J connectivity index is 2.26. The molecule has 0 saturated carbocycles. The van der Waals surface area contributed by atoms with Gasteiger partial charge in [0, 0.05) is 24.5 Å². The van der Waals surface area contributed by atoms with Crippen LogP contribution in [0.25, 0.3) is 5.76 Å². The standard InChI is InChI=1S/C20H20O13/c21-5-11(26)14-15(27)12-7(1-6(22)2-8(12)23)16(28)20(14,33)18(31)19(32)3-9(24)13(17(29)30)10(25)4-19/h1-2,16,18,21-24,27-28,31-33H,3-5H2,(H,29,30)/t16-,18+,19+,20+/m1/s1. The third-order valence-electron chi connectivity index (χ3n) is 5.79. The van der Waals surface area contributed by atoms with Gasteiger partial charge in [0.05, 0.1) is 11.1 Å². The molecule has 0 unspecified atom stereocenters. The second-order valence-corrected chi connectivity index (χ2v) is 7.87. The normalized spacial score (nSPS) is 28.5. The van der Waals surface area contributed by atoms with Crippen molar-refractivity contribution in [1.82, 2.24) is 0 Å². The van der Waals surface area contributed by atoms with E-state index in [4.69, 9.17) is 5.11 Å². The van der Waals surface area contributed by atoms with E-state index in [1.165, 1.54) is 0 Å². The van der Waals surface area contributed by atoms with Gasteiger partial charge in [0.15, 0.2) is 17.2 Å². The number of aliphatic carboxylic acids is 1. The Morgan fingerprint density at radius 3 is 2.21 bits per heavy atom. The van der Waals surface area contributed by atoms with Crippen LogP contribution in [0.1, 0.15) is 30.1 Å². The lowest BCUT2D eigenvalue weighted by Gasteiger charge is -2.48. The van der Waals surface area contributed by atoms with Crippen LogP contribution in [0.3, 0.4) is 0 Å². The molecular formula is C20H20O13. The monoisotopic (exact) mass is 468 g/mol. The average molecular weight is 468 g/mol. The molecule has 13 heteroatoms. The predicted octanol–water partition coefficient (Wildman–Crippen LogP) is -1.94. The van der Waals surface area contributed by atoms with Crippen LogP contribution in [0.15, 0.2) is 29.0 Å². The van der Waals surface area contributed by atoms with Crippen molar-refractivity contribution < 1.29 is 65.4 Å². The van der Waals surface area contributed by atoms with Crippen molar-refractivity contribution >= 4 is 23.3 Å². The summed E-state index contributed by atoms with van der Waals surface area (Å²) in [5.74, 6) is -8.51. The molecule has 33 heavy (non-hydrogen) atoms. The second kappa shape index (κ2) is 7.83. The van der Waals surface area contributed by atoms with E-state index in [1.807, 2.05) is 0 Å². The maximum atomic E-state index is 12.4. The zero-order valence-electron chi connectivity index (χ0n) is 16.6. The molecule has 0 aliphatic heterocycles. The van der Waals surface area contributed by atoms with Gasteiger partial charge in [-0.05, 0) is 6.07 Å². The highest BCUT2D eigenvalue weighted by Crippen LogP contribution is 2.52. The molecule has 0 bridgehead atoms. The molecule has 0 aromatic heterocycles. The Hall–Kier alpha value is -3.49. The molecule has 0 amide bonds. The number of carbonyl (C=O) groups excluding carboxylic acids is 2. The Labute approximate surface area is 184 Å². The van der Waals surface area contributed by atoms with Crippen molar-refractivity contribution in [3.8, 4) is 11.5 Å². The fraction of sp³-hybridized carbons (Fsp3) is 0.350. The van der Waals surface area contributed by atoms with E-state index in [0.717, 1.165) is 12.1 Å². The Morgan fingerprint density at radius 2 is 1.70 bits per heavy atom. The van der Waals surface area contributed by atoms with Gasteiger partial charge < -0.3 is 51.1 Å². The van der Waals surface area contributed by atoms with Gasteiger partial charge in [-0.3, -0.25) is 9.59 Å². The van der Waals surface area contributed by atoms with Crippen molar-refractivity contribution in [1.29, 1.82) is 0 Å². The highest BCUT2D eigenvalue weighted by Gasteiger charge is 2.62. The molecular weight excluding hydrogens is 448 g/mol. The van der Waals surface area contributed by atoms with E-state index in [9.17, 15) is 60.3 Å². The fourth-order valence-electron chi connectivity index (χ4n) is 4.33. The number of carboxylic acids is 1. The summed E-state index contributed by atoms with van der Waals surface area (Å²) in [5, 5.41) is 103. The number of Topliss-reactive ketones (excluding diaryl/α,β-unsaturated/α-hetero) is 2. The first kappa shape index (κ1) is 24.2. The van der Waals surface area contributed by atoms with Gasteiger partial charge in [0.25, 0.3) is 0 Å². The number of fused-ring (bicyclic) bond motifs is 1.